The van der Waals surface area contributed by atoms with Gasteiger partial charge in [-0.25, -0.2) is 4.98 Å². The Kier molecular flexibility index (Phi) is 7.06. The van der Waals surface area contributed by atoms with Gasteiger partial charge in [0, 0.05) is 50.0 Å². The molecule has 2 aliphatic rings. The van der Waals surface area contributed by atoms with Crippen molar-refractivity contribution < 1.29 is 14.3 Å². The molecule has 2 aromatic carbocycles. The van der Waals surface area contributed by atoms with Gasteiger partial charge in [0.15, 0.2) is 5.60 Å². The molecule has 0 bridgehead atoms. The normalized spacial score (nSPS) is 22.6. The number of carbonyl (C=O) groups excluding carboxylic acids is 1. The first kappa shape index (κ1) is 24.8. The zero-order chi connectivity index (χ0) is 25.3. The first-order chi connectivity index (χ1) is 17.4. The fraction of sp³-hybridized carbons (Fsp3) is 0.429. The average Bonchev–Trinajstić information content (AvgIpc) is 3.48. The van der Waals surface area contributed by atoms with Gasteiger partial charge in [-0.3, -0.25) is 9.69 Å². The van der Waals surface area contributed by atoms with Crippen LogP contribution in [0.5, 0.6) is 5.75 Å². The topological polar surface area (TPSA) is 59.8 Å². The maximum absolute atomic E-state index is 14.1. The van der Waals surface area contributed by atoms with Crippen LogP contribution < -0.4 is 4.74 Å². The summed E-state index contributed by atoms with van der Waals surface area (Å²) in [5.74, 6) is 0.668. The number of aromatic nitrogens is 2. The lowest BCUT2D eigenvalue weighted by Crippen LogP contribution is -2.60. The van der Waals surface area contributed by atoms with Crippen molar-refractivity contribution in [2.75, 3.05) is 33.4 Å². The molecule has 0 N–H and O–H groups in total. The molecule has 3 aromatic rings. The number of likely N-dealkylation sites (tertiary alicyclic amines) is 1. The Bertz CT molecular complexity index is 1210. The second-order valence-corrected chi connectivity index (χ2v) is 10.4. The van der Waals surface area contributed by atoms with E-state index >= 15 is 0 Å². The van der Waals surface area contributed by atoms with Crippen molar-refractivity contribution in [2.24, 2.45) is 0 Å². The molecule has 190 valence electrons. The van der Waals surface area contributed by atoms with E-state index in [0.29, 0.717) is 50.4 Å². The van der Waals surface area contributed by atoms with Gasteiger partial charge in [-0.2, -0.15) is 0 Å². The molecule has 2 unspecified atom stereocenters. The van der Waals surface area contributed by atoms with Gasteiger partial charge >= 0.3 is 0 Å². The SMILES string of the molecule is COc1ccc(CN2CCOC3(CN(Cc4cccc(Cl)c4)CC3c3cn(C(C)C)cn3)C2=O)cc1. The van der Waals surface area contributed by atoms with Crippen LogP contribution in [0.15, 0.2) is 61.1 Å². The predicted octanol–water partition coefficient (Wildman–Crippen LogP) is 4.52. The highest BCUT2D eigenvalue weighted by Crippen LogP contribution is 2.42. The Balaban J connectivity index is 1.44. The molecule has 2 aliphatic heterocycles. The third-order valence-corrected chi connectivity index (χ3v) is 7.47. The Morgan fingerprint density at radius 3 is 2.67 bits per heavy atom. The third kappa shape index (κ3) is 4.88. The highest BCUT2D eigenvalue weighted by atomic mass is 35.5. The fourth-order valence-electron chi connectivity index (χ4n) is 5.31. The lowest BCUT2D eigenvalue weighted by molar-refractivity contribution is -0.173. The number of hydrogen-bond donors (Lipinski definition) is 0. The van der Waals surface area contributed by atoms with Gasteiger partial charge in [0.25, 0.3) is 5.91 Å². The molecule has 2 atom stereocenters. The number of nitrogens with zero attached hydrogens (tertiary/aromatic N) is 4. The zero-order valence-electron chi connectivity index (χ0n) is 21.1. The molecule has 8 heteroatoms. The summed E-state index contributed by atoms with van der Waals surface area (Å²) in [6, 6.07) is 16.1. The van der Waals surface area contributed by atoms with Crippen molar-refractivity contribution in [3.8, 4) is 5.75 Å². The van der Waals surface area contributed by atoms with Crippen molar-refractivity contribution in [1.82, 2.24) is 19.4 Å². The van der Waals surface area contributed by atoms with Crippen LogP contribution in [0.2, 0.25) is 5.02 Å². The number of amides is 1. The van der Waals surface area contributed by atoms with E-state index in [-0.39, 0.29) is 11.8 Å². The predicted molar refractivity (Wildman–Crippen MR) is 139 cm³/mol. The van der Waals surface area contributed by atoms with Crippen molar-refractivity contribution in [3.05, 3.63) is 82.9 Å². The highest BCUT2D eigenvalue weighted by molar-refractivity contribution is 6.30. The van der Waals surface area contributed by atoms with Gasteiger partial charge in [0.2, 0.25) is 0 Å². The molecule has 2 saturated heterocycles. The van der Waals surface area contributed by atoms with E-state index in [0.717, 1.165) is 22.6 Å². The first-order valence-electron chi connectivity index (χ1n) is 12.4. The Hall–Kier alpha value is -2.87. The summed E-state index contributed by atoms with van der Waals surface area (Å²) >= 11 is 6.24. The summed E-state index contributed by atoms with van der Waals surface area (Å²) < 4.78 is 13.8. The summed E-state index contributed by atoms with van der Waals surface area (Å²) in [5, 5.41) is 0.712. The van der Waals surface area contributed by atoms with Gasteiger partial charge < -0.3 is 18.9 Å². The molecular formula is C28H33ClN4O3. The molecule has 0 radical (unpaired) electrons. The molecule has 7 nitrogen and oxygen atoms in total. The number of ether oxygens (including phenoxy) is 2. The minimum atomic E-state index is -0.973. The van der Waals surface area contributed by atoms with Crippen LogP contribution in [0.4, 0.5) is 0 Å². The molecule has 2 fully saturated rings. The molecule has 5 rings (SSSR count). The summed E-state index contributed by atoms with van der Waals surface area (Å²) in [6.07, 6.45) is 3.93. The monoisotopic (exact) mass is 508 g/mol. The van der Waals surface area contributed by atoms with Crippen molar-refractivity contribution in [3.63, 3.8) is 0 Å². The summed E-state index contributed by atoms with van der Waals surface area (Å²) in [6.45, 7) is 7.73. The summed E-state index contributed by atoms with van der Waals surface area (Å²) in [5.41, 5.74) is 2.11. The molecule has 1 spiro atoms. The number of methoxy groups -OCH3 is 1. The van der Waals surface area contributed by atoms with Crippen molar-refractivity contribution >= 4 is 17.5 Å². The van der Waals surface area contributed by atoms with Gasteiger partial charge in [-0.15, -0.1) is 0 Å². The Labute approximate surface area is 217 Å². The van der Waals surface area contributed by atoms with Gasteiger partial charge in [-0.1, -0.05) is 35.9 Å². The van der Waals surface area contributed by atoms with E-state index in [1.807, 2.05) is 53.7 Å². The van der Waals surface area contributed by atoms with E-state index in [1.165, 1.54) is 0 Å². The van der Waals surface area contributed by atoms with Crippen LogP contribution in [0, 0.1) is 0 Å². The van der Waals surface area contributed by atoms with Crippen LogP contribution in [-0.4, -0.2) is 64.2 Å². The largest absolute Gasteiger partial charge is 0.497 e. The number of halogens is 1. The minimum Gasteiger partial charge on any atom is -0.497 e. The zero-order valence-corrected chi connectivity index (χ0v) is 21.8. The fourth-order valence-corrected chi connectivity index (χ4v) is 5.52. The lowest BCUT2D eigenvalue weighted by Gasteiger charge is -2.42. The quantitative estimate of drug-likeness (QED) is 0.469. The number of morpholine rings is 1. The smallest absolute Gasteiger partial charge is 0.257 e. The molecule has 36 heavy (non-hydrogen) atoms. The molecule has 1 aromatic heterocycles. The maximum atomic E-state index is 14.1. The molecule has 0 saturated carbocycles. The van der Waals surface area contributed by atoms with Crippen molar-refractivity contribution in [1.29, 1.82) is 0 Å². The lowest BCUT2D eigenvalue weighted by atomic mass is 9.85. The molecule has 3 heterocycles. The van der Waals surface area contributed by atoms with Gasteiger partial charge in [0.1, 0.15) is 5.75 Å². The third-order valence-electron chi connectivity index (χ3n) is 7.23. The highest BCUT2D eigenvalue weighted by Gasteiger charge is 2.57. The van der Waals surface area contributed by atoms with Crippen LogP contribution >= 0.6 is 11.6 Å². The van der Waals surface area contributed by atoms with E-state index < -0.39 is 5.60 Å². The average molecular weight is 509 g/mol. The van der Waals surface area contributed by atoms with Crippen LogP contribution in [0.1, 0.15) is 42.6 Å². The van der Waals surface area contributed by atoms with Crippen molar-refractivity contribution in [2.45, 2.75) is 44.5 Å². The van der Waals surface area contributed by atoms with E-state index in [4.69, 9.17) is 26.1 Å². The standard InChI is InChI=1S/C28H33ClN4O3/c1-20(2)33-17-26(30-19-33)25-16-31(14-22-5-4-6-23(29)13-22)18-28(25)27(34)32(11-12-36-28)15-21-7-9-24(35-3)10-8-21/h4-10,13,17,19-20,25H,11-12,14-16,18H2,1-3H3. The maximum Gasteiger partial charge on any atom is 0.257 e. The second kappa shape index (κ2) is 10.2. The molecule has 1 amide bonds. The van der Waals surface area contributed by atoms with Crippen LogP contribution in [-0.2, 0) is 22.6 Å². The number of hydrogen-bond acceptors (Lipinski definition) is 5. The number of carbonyl (C=O) groups is 1. The van der Waals surface area contributed by atoms with E-state index in [9.17, 15) is 4.79 Å². The van der Waals surface area contributed by atoms with Gasteiger partial charge in [-0.05, 0) is 49.2 Å². The Morgan fingerprint density at radius 1 is 1.17 bits per heavy atom. The van der Waals surface area contributed by atoms with E-state index in [1.54, 1.807) is 7.11 Å². The number of rotatable bonds is 7. The second-order valence-electron chi connectivity index (χ2n) is 10.0. The van der Waals surface area contributed by atoms with Gasteiger partial charge in [0.05, 0.1) is 31.7 Å². The van der Waals surface area contributed by atoms with Crippen LogP contribution in [0.25, 0.3) is 0 Å². The summed E-state index contributed by atoms with van der Waals surface area (Å²) in [4.78, 5) is 23.1. The number of benzene rings is 2. The Morgan fingerprint density at radius 2 is 1.97 bits per heavy atom. The summed E-state index contributed by atoms with van der Waals surface area (Å²) in [7, 11) is 1.65. The van der Waals surface area contributed by atoms with Crippen LogP contribution in [0.3, 0.4) is 0 Å². The first-order valence-corrected chi connectivity index (χ1v) is 12.8. The van der Waals surface area contributed by atoms with E-state index in [2.05, 4.69) is 35.6 Å². The molecular weight excluding hydrogens is 476 g/mol. The minimum absolute atomic E-state index is 0.0299. The number of imidazole rings is 1. The molecule has 0 aliphatic carbocycles.